The van der Waals surface area contributed by atoms with Gasteiger partial charge < -0.3 is 11.1 Å². The van der Waals surface area contributed by atoms with Gasteiger partial charge in [0, 0.05) is 34.9 Å². The van der Waals surface area contributed by atoms with Crippen LogP contribution in [0.1, 0.15) is 13.3 Å². The first-order chi connectivity index (χ1) is 7.91. The smallest absolute Gasteiger partial charge is 0.143 e. The van der Waals surface area contributed by atoms with Crippen molar-refractivity contribution in [1.82, 2.24) is 0 Å². The zero-order valence-corrected chi connectivity index (χ0v) is 11.4. The summed E-state index contributed by atoms with van der Waals surface area (Å²) in [7, 11) is -0.848. The minimum Gasteiger partial charge on any atom is -0.397 e. The molecule has 0 aromatic heterocycles. The average Bonchev–Trinajstić information content (AvgIpc) is 2.25. The van der Waals surface area contributed by atoms with Gasteiger partial charge in [0.2, 0.25) is 0 Å². The summed E-state index contributed by atoms with van der Waals surface area (Å²) in [6.45, 7) is 2.50. The van der Waals surface area contributed by atoms with E-state index >= 15 is 0 Å². The molecule has 1 aromatic carbocycles. The molecule has 0 aliphatic rings. The predicted octanol–water partition coefficient (Wildman–Crippen LogP) is 2.63. The predicted molar refractivity (Wildman–Crippen MR) is 72.5 cm³/mol. The molecule has 2 unspecified atom stereocenters. The molecule has 1 aromatic rings. The standard InChI is InChI=1S/C11H16ClFN2OS/c1-7(17(2)16)3-4-15-11-6-9(13)8(12)5-10(11)14/h5-7,15H,3-4,14H2,1-2H3. The fourth-order valence-electron chi connectivity index (χ4n) is 1.29. The molecule has 0 aliphatic heterocycles. The fraction of sp³-hybridized carbons (Fsp3) is 0.455. The van der Waals surface area contributed by atoms with Gasteiger partial charge in [-0.05, 0) is 12.5 Å². The summed E-state index contributed by atoms with van der Waals surface area (Å²) < 4.78 is 24.3. The highest BCUT2D eigenvalue weighted by Gasteiger charge is 2.08. The van der Waals surface area contributed by atoms with E-state index in [2.05, 4.69) is 5.32 Å². The van der Waals surface area contributed by atoms with Crippen LogP contribution >= 0.6 is 11.6 Å². The molecule has 96 valence electrons. The third-order valence-corrected chi connectivity index (χ3v) is 4.18. The van der Waals surface area contributed by atoms with Crippen LogP contribution in [0.2, 0.25) is 5.02 Å². The van der Waals surface area contributed by atoms with Crippen molar-refractivity contribution in [3.05, 3.63) is 23.0 Å². The molecule has 3 nitrogen and oxygen atoms in total. The van der Waals surface area contributed by atoms with Crippen LogP contribution in [0, 0.1) is 5.82 Å². The van der Waals surface area contributed by atoms with E-state index in [1.165, 1.54) is 12.1 Å². The Hall–Kier alpha value is -0.810. The lowest BCUT2D eigenvalue weighted by atomic mass is 10.2. The Morgan fingerprint density at radius 1 is 1.59 bits per heavy atom. The van der Waals surface area contributed by atoms with Crippen molar-refractivity contribution < 1.29 is 8.60 Å². The van der Waals surface area contributed by atoms with Crippen LogP contribution in [-0.2, 0) is 10.8 Å². The summed E-state index contributed by atoms with van der Waals surface area (Å²) in [6, 6.07) is 2.64. The van der Waals surface area contributed by atoms with E-state index in [0.29, 0.717) is 17.9 Å². The van der Waals surface area contributed by atoms with Gasteiger partial charge in [-0.3, -0.25) is 4.21 Å². The van der Waals surface area contributed by atoms with Gasteiger partial charge in [0.05, 0.1) is 16.4 Å². The molecule has 2 atom stereocenters. The van der Waals surface area contributed by atoms with Crippen LogP contribution in [0.4, 0.5) is 15.8 Å². The maximum absolute atomic E-state index is 13.2. The Balaban J connectivity index is 2.58. The van der Waals surface area contributed by atoms with Crippen LogP contribution in [0.3, 0.4) is 0 Å². The molecule has 0 saturated heterocycles. The van der Waals surface area contributed by atoms with Gasteiger partial charge in [-0.2, -0.15) is 0 Å². The van der Waals surface area contributed by atoms with E-state index in [-0.39, 0.29) is 10.3 Å². The van der Waals surface area contributed by atoms with Crippen molar-refractivity contribution in [2.45, 2.75) is 18.6 Å². The summed E-state index contributed by atoms with van der Waals surface area (Å²) >= 11 is 5.59. The summed E-state index contributed by atoms with van der Waals surface area (Å²) in [5.74, 6) is -0.504. The Labute approximate surface area is 108 Å². The highest BCUT2D eigenvalue weighted by Crippen LogP contribution is 2.26. The van der Waals surface area contributed by atoms with Crippen LogP contribution < -0.4 is 11.1 Å². The Morgan fingerprint density at radius 3 is 2.82 bits per heavy atom. The zero-order chi connectivity index (χ0) is 13.0. The van der Waals surface area contributed by atoms with E-state index in [1.807, 2.05) is 6.92 Å². The van der Waals surface area contributed by atoms with E-state index in [4.69, 9.17) is 17.3 Å². The Morgan fingerprint density at radius 2 is 2.24 bits per heavy atom. The molecule has 0 fully saturated rings. The SMILES string of the molecule is CC(CCNc1cc(F)c(Cl)cc1N)S(C)=O. The van der Waals surface area contributed by atoms with Gasteiger partial charge >= 0.3 is 0 Å². The number of halogens is 2. The number of anilines is 2. The van der Waals surface area contributed by atoms with Gasteiger partial charge in [0.25, 0.3) is 0 Å². The summed E-state index contributed by atoms with van der Waals surface area (Å²) in [4.78, 5) is 0. The van der Waals surface area contributed by atoms with Crippen LogP contribution in [-0.4, -0.2) is 22.3 Å². The summed E-state index contributed by atoms with van der Waals surface area (Å²) in [6.07, 6.45) is 2.40. The number of hydrogen-bond donors (Lipinski definition) is 2. The second-order valence-electron chi connectivity index (χ2n) is 3.88. The first-order valence-electron chi connectivity index (χ1n) is 5.22. The minimum atomic E-state index is -0.848. The van der Waals surface area contributed by atoms with E-state index in [1.54, 1.807) is 6.26 Å². The molecular weight excluding hydrogens is 263 g/mol. The third-order valence-electron chi connectivity index (χ3n) is 2.53. The van der Waals surface area contributed by atoms with Crippen LogP contribution in [0.25, 0.3) is 0 Å². The van der Waals surface area contributed by atoms with Crippen molar-refractivity contribution in [1.29, 1.82) is 0 Å². The summed E-state index contributed by atoms with van der Waals surface area (Å²) in [5.41, 5.74) is 6.61. The zero-order valence-electron chi connectivity index (χ0n) is 9.80. The highest BCUT2D eigenvalue weighted by molar-refractivity contribution is 7.84. The lowest BCUT2D eigenvalue weighted by molar-refractivity contribution is 0.628. The topological polar surface area (TPSA) is 55.1 Å². The summed E-state index contributed by atoms with van der Waals surface area (Å²) in [5, 5.41) is 3.12. The fourth-order valence-corrected chi connectivity index (χ4v) is 1.91. The number of nitrogens with two attached hydrogens (primary N) is 1. The van der Waals surface area contributed by atoms with E-state index in [9.17, 15) is 8.60 Å². The van der Waals surface area contributed by atoms with Gasteiger partial charge in [0.15, 0.2) is 0 Å². The molecule has 0 aliphatic carbocycles. The highest BCUT2D eigenvalue weighted by atomic mass is 35.5. The number of hydrogen-bond acceptors (Lipinski definition) is 3. The quantitative estimate of drug-likeness (QED) is 0.814. The minimum absolute atomic E-state index is 0.0103. The first-order valence-corrected chi connectivity index (χ1v) is 7.22. The van der Waals surface area contributed by atoms with E-state index < -0.39 is 16.6 Å². The first kappa shape index (κ1) is 14.3. The van der Waals surface area contributed by atoms with Crippen molar-refractivity contribution in [2.75, 3.05) is 23.9 Å². The lowest BCUT2D eigenvalue weighted by Gasteiger charge is -2.12. The van der Waals surface area contributed by atoms with Crippen molar-refractivity contribution in [3.8, 4) is 0 Å². The molecule has 17 heavy (non-hydrogen) atoms. The normalized spacial score (nSPS) is 14.4. The number of benzene rings is 1. The molecule has 0 radical (unpaired) electrons. The number of nitrogens with one attached hydrogen (secondary N) is 1. The van der Waals surface area contributed by atoms with Crippen molar-refractivity contribution >= 4 is 33.8 Å². The number of rotatable bonds is 5. The third kappa shape index (κ3) is 4.16. The van der Waals surface area contributed by atoms with Crippen LogP contribution in [0.15, 0.2) is 12.1 Å². The van der Waals surface area contributed by atoms with Gasteiger partial charge in [-0.25, -0.2) is 4.39 Å². The molecule has 0 spiro atoms. The second kappa shape index (κ2) is 6.21. The molecule has 0 bridgehead atoms. The molecule has 6 heteroatoms. The van der Waals surface area contributed by atoms with Gasteiger partial charge in [-0.1, -0.05) is 18.5 Å². The van der Waals surface area contributed by atoms with Gasteiger partial charge in [0.1, 0.15) is 5.82 Å². The second-order valence-corrected chi connectivity index (χ2v) is 6.09. The van der Waals surface area contributed by atoms with Crippen molar-refractivity contribution in [2.24, 2.45) is 0 Å². The Bertz CT molecular complexity index is 428. The molecule has 0 saturated carbocycles. The number of nitrogen functional groups attached to an aromatic ring is 1. The molecule has 0 heterocycles. The molecule has 0 amide bonds. The lowest BCUT2D eigenvalue weighted by Crippen LogP contribution is -2.15. The largest absolute Gasteiger partial charge is 0.397 e. The Kier molecular flexibility index (Phi) is 5.21. The maximum atomic E-state index is 13.2. The molecule has 1 rings (SSSR count). The van der Waals surface area contributed by atoms with Crippen molar-refractivity contribution in [3.63, 3.8) is 0 Å². The molecule has 3 N–H and O–H groups in total. The average molecular weight is 279 g/mol. The van der Waals surface area contributed by atoms with E-state index in [0.717, 1.165) is 6.42 Å². The maximum Gasteiger partial charge on any atom is 0.143 e. The van der Waals surface area contributed by atoms with Gasteiger partial charge in [-0.15, -0.1) is 0 Å². The van der Waals surface area contributed by atoms with Crippen LogP contribution in [0.5, 0.6) is 0 Å². The monoisotopic (exact) mass is 278 g/mol. The molecular formula is C11H16ClFN2OS.